The van der Waals surface area contributed by atoms with Crippen molar-refractivity contribution in [2.75, 3.05) is 36.4 Å². The zero-order chi connectivity index (χ0) is 16.6. The largest absolute Gasteiger partial charge is 0.338 e. The Kier molecular flexibility index (Phi) is 5.20. The van der Waals surface area contributed by atoms with E-state index in [-0.39, 0.29) is 35.7 Å². The number of benzene rings is 1. The first-order valence-corrected chi connectivity index (χ1v) is 8.85. The van der Waals surface area contributed by atoms with Crippen LogP contribution in [0.3, 0.4) is 0 Å². The Balaban J connectivity index is 0.00000182. The molecule has 1 saturated carbocycles. The minimum atomic E-state index is -0.0689. The standard InChI is InChI=1S/C18H24N4O2.ClH/c23-16(15-12-18(15)5-8-19-9-6-18)21-13-3-1-4-14(11-13)22-10-2-7-20-17(22)24;/h1,3-4,11,15,19H,2,5-10,12H2,(H,20,24)(H,21,23);1H. The predicted molar refractivity (Wildman–Crippen MR) is 100 cm³/mol. The third-order valence-corrected chi connectivity index (χ3v) is 5.61. The third kappa shape index (κ3) is 3.60. The van der Waals surface area contributed by atoms with E-state index in [4.69, 9.17) is 0 Å². The first kappa shape index (κ1) is 18.0. The lowest BCUT2D eigenvalue weighted by molar-refractivity contribution is -0.118. The zero-order valence-electron chi connectivity index (χ0n) is 14.2. The van der Waals surface area contributed by atoms with E-state index in [0.29, 0.717) is 6.54 Å². The van der Waals surface area contributed by atoms with Gasteiger partial charge >= 0.3 is 6.03 Å². The van der Waals surface area contributed by atoms with E-state index in [0.717, 1.165) is 56.7 Å². The van der Waals surface area contributed by atoms with Gasteiger partial charge in [-0.25, -0.2) is 4.79 Å². The Hall–Kier alpha value is -1.79. The summed E-state index contributed by atoms with van der Waals surface area (Å²) in [6, 6.07) is 7.51. The third-order valence-electron chi connectivity index (χ3n) is 5.61. The second kappa shape index (κ2) is 7.22. The molecule has 0 bridgehead atoms. The van der Waals surface area contributed by atoms with Crippen LogP contribution in [0, 0.1) is 11.3 Å². The van der Waals surface area contributed by atoms with Gasteiger partial charge in [0.15, 0.2) is 0 Å². The second-order valence-electron chi connectivity index (χ2n) is 7.15. The molecule has 2 saturated heterocycles. The van der Waals surface area contributed by atoms with Crippen LogP contribution >= 0.6 is 12.4 Å². The lowest BCUT2D eigenvalue weighted by atomic mass is 9.92. The molecule has 3 aliphatic rings. The van der Waals surface area contributed by atoms with Gasteiger partial charge < -0.3 is 16.0 Å². The van der Waals surface area contributed by atoms with Crippen LogP contribution in [0.15, 0.2) is 24.3 Å². The van der Waals surface area contributed by atoms with Crippen LogP contribution in [-0.2, 0) is 4.79 Å². The van der Waals surface area contributed by atoms with Gasteiger partial charge in [0.1, 0.15) is 0 Å². The van der Waals surface area contributed by atoms with Crippen molar-refractivity contribution in [1.82, 2.24) is 10.6 Å². The molecule has 1 aromatic rings. The van der Waals surface area contributed by atoms with Crippen molar-refractivity contribution in [1.29, 1.82) is 0 Å². The first-order chi connectivity index (χ1) is 11.7. The normalized spacial score (nSPS) is 24.2. The van der Waals surface area contributed by atoms with Crippen molar-refractivity contribution in [2.45, 2.75) is 25.7 Å². The summed E-state index contributed by atoms with van der Waals surface area (Å²) < 4.78 is 0. The van der Waals surface area contributed by atoms with Gasteiger partial charge in [-0.3, -0.25) is 9.69 Å². The summed E-state index contributed by atoms with van der Waals surface area (Å²) in [5.74, 6) is 0.263. The van der Waals surface area contributed by atoms with Crippen molar-refractivity contribution in [3.05, 3.63) is 24.3 Å². The van der Waals surface area contributed by atoms with Crippen LogP contribution in [0.2, 0.25) is 0 Å². The number of hydrogen-bond donors (Lipinski definition) is 3. The van der Waals surface area contributed by atoms with E-state index in [1.54, 1.807) is 4.90 Å². The monoisotopic (exact) mass is 364 g/mol. The van der Waals surface area contributed by atoms with E-state index in [1.807, 2.05) is 24.3 Å². The van der Waals surface area contributed by atoms with Gasteiger partial charge in [-0.2, -0.15) is 0 Å². The summed E-state index contributed by atoms with van der Waals surface area (Å²) in [6.07, 6.45) is 4.13. The van der Waals surface area contributed by atoms with Crippen LogP contribution in [-0.4, -0.2) is 38.1 Å². The van der Waals surface area contributed by atoms with E-state index < -0.39 is 0 Å². The highest BCUT2D eigenvalue weighted by Crippen LogP contribution is 2.58. The Morgan fingerprint density at radius 1 is 1.24 bits per heavy atom. The Bertz CT molecular complexity index is 660. The molecule has 2 heterocycles. The number of rotatable bonds is 3. The molecule has 1 atom stereocenters. The SMILES string of the molecule is Cl.O=C(Nc1cccc(N2CCCNC2=O)c1)C1CC12CCNCC2. The number of nitrogens with one attached hydrogen (secondary N) is 3. The quantitative estimate of drug-likeness (QED) is 0.770. The van der Waals surface area contributed by atoms with Crippen LogP contribution in [0.25, 0.3) is 0 Å². The maximum Gasteiger partial charge on any atom is 0.321 e. The second-order valence-corrected chi connectivity index (χ2v) is 7.15. The van der Waals surface area contributed by atoms with Crippen LogP contribution in [0.5, 0.6) is 0 Å². The molecule has 1 aromatic carbocycles. The molecule has 7 heteroatoms. The topological polar surface area (TPSA) is 73.5 Å². The maximum atomic E-state index is 12.6. The molecule has 3 N–H and O–H groups in total. The molecule has 3 fully saturated rings. The molecular formula is C18H25ClN4O2. The molecule has 1 spiro atoms. The number of hydrogen-bond acceptors (Lipinski definition) is 3. The number of urea groups is 1. The lowest BCUT2D eigenvalue weighted by Crippen LogP contribution is -2.46. The van der Waals surface area contributed by atoms with Crippen molar-refractivity contribution in [3.8, 4) is 0 Å². The van der Waals surface area contributed by atoms with Gasteiger partial charge in [-0.15, -0.1) is 12.4 Å². The number of piperidine rings is 1. The Morgan fingerprint density at radius 3 is 2.80 bits per heavy atom. The number of carbonyl (C=O) groups excluding carboxylic acids is 2. The summed E-state index contributed by atoms with van der Waals surface area (Å²) in [6.45, 7) is 3.47. The fourth-order valence-electron chi connectivity index (χ4n) is 4.05. The fourth-order valence-corrected chi connectivity index (χ4v) is 4.05. The molecule has 1 aliphatic carbocycles. The summed E-state index contributed by atoms with van der Waals surface area (Å²) in [5, 5.41) is 9.27. The van der Waals surface area contributed by atoms with E-state index in [2.05, 4.69) is 16.0 Å². The van der Waals surface area contributed by atoms with E-state index in [1.165, 1.54) is 0 Å². The van der Waals surface area contributed by atoms with Crippen LogP contribution in [0.1, 0.15) is 25.7 Å². The minimum absolute atomic E-state index is 0. The summed E-state index contributed by atoms with van der Waals surface area (Å²) in [5.41, 5.74) is 1.84. The molecular weight excluding hydrogens is 340 g/mol. The number of halogens is 1. The van der Waals surface area contributed by atoms with Crippen molar-refractivity contribution in [2.24, 2.45) is 11.3 Å². The number of nitrogens with zero attached hydrogens (tertiary/aromatic N) is 1. The van der Waals surface area contributed by atoms with Crippen molar-refractivity contribution < 1.29 is 9.59 Å². The van der Waals surface area contributed by atoms with Crippen LogP contribution in [0.4, 0.5) is 16.2 Å². The summed E-state index contributed by atoms with van der Waals surface area (Å²) in [7, 11) is 0. The fraction of sp³-hybridized carbons (Fsp3) is 0.556. The number of carbonyl (C=O) groups is 2. The molecule has 1 unspecified atom stereocenters. The summed E-state index contributed by atoms with van der Waals surface area (Å²) in [4.78, 5) is 26.3. The summed E-state index contributed by atoms with van der Waals surface area (Å²) >= 11 is 0. The highest BCUT2D eigenvalue weighted by molar-refractivity contribution is 5.97. The minimum Gasteiger partial charge on any atom is -0.338 e. The van der Waals surface area contributed by atoms with Crippen LogP contribution < -0.4 is 20.9 Å². The van der Waals surface area contributed by atoms with Gasteiger partial charge in [0, 0.05) is 30.4 Å². The van der Waals surface area contributed by atoms with Gasteiger partial charge in [0.2, 0.25) is 5.91 Å². The van der Waals surface area contributed by atoms with Crippen molar-refractivity contribution in [3.63, 3.8) is 0 Å². The van der Waals surface area contributed by atoms with Gasteiger partial charge in [-0.1, -0.05) is 6.07 Å². The molecule has 0 radical (unpaired) electrons. The molecule has 2 aliphatic heterocycles. The first-order valence-electron chi connectivity index (χ1n) is 8.85. The lowest BCUT2D eigenvalue weighted by Gasteiger charge is -2.27. The number of anilines is 2. The maximum absolute atomic E-state index is 12.6. The zero-order valence-corrected chi connectivity index (χ0v) is 15.0. The molecule has 0 aromatic heterocycles. The highest BCUT2D eigenvalue weighted by Gasteiger charge is 2.57. The predicted octanol–water partition coefficient (Wildman–Crippen LogP) is 2.36. The molecule has 25 heavy (non-hydrogen) atoms. The molecule has 136 valence electrons. The van der Waals surface area contributed by atoms with Gasteiger partial charge in [0.05, 0.1) is 0 Å². The smallest absolute Gasteiger partial charge is 0.321 e. The van der Waals surface area contributed by atoms with E-state index in [9.17, 15) is 9.59 Å². The average Bonchev–Trinajstić information content (AvgIpc) is 3.29. The van der Waals surface area contributed by atoms with E-state index >= 15 is 0 Å². The number of amides is 3. The molecule has 6 nitrogen and oxygen atoms in total. The highest BCUT2D eigenvalue weighted by atomic mass is 35.5. The van der Waals surface area contributed by atoms with Crippen molar-refractivity contribution >= 4 is 35.7 Å². The molecule has 4 rings (SSSR count). The average molecular weight is 365 g/mol. The van der Waals surface area contributed by atoms with Gasteiger partial charge in [0.25, 0.3) is 0 Å². The molecule has 3 amide bonds. The Labute approximate surface area is 154 Å². The Morgan fingerprint density at radius 2 is 2.04 bits per heavy atom. The van der Waals surface area contributed by atoms with Gasteiger partial charge in [-0.05, 0) is 62.4 Å².